The number of imidazole rings is 1. The van der Waals surface area contributed by atoms with Crippen molar-refractivity contribution < 1.29 is 0 Å². The molecule has 0 fully saturated rings. The fourth-order valence-electron chi connectivity index (χ4n) is 2.54. The van der Waals surface area contributed by atoms with Crippen LogP contribution in [0.2, 0.25) is 5.02 Å². The molecule has 4 aromatic rings. The van der Waals surface area contributed by atoms with Crippen LogP contribution >= 0.6 is 11.6 Å². The molecule has 146 valence electrons. The average Bonchev–Trinajstić information content (AvgIpc) is 3.25. The normalized spacial score (nSPS) is 9.75. The number of anilines is 1. The van der Waals surface area contributed by atoms with Crippen LogP contribution in [0.1, 0.15) is 33.3 Å². The van der Waals surface area contributed by atoms with Crippen molar-refractivity contribution in [3.8, 4) is 11.3 Å². The smallest absolute Gasteiger partial charge is 0.180 e. The summed E-state index contributed by atoms with van der Waals surface area (Å²) in [4.78, 5) is 13.2. The average molecular weight is 396 g/mol. The first kappa shape index (κ1) is 21.4. The van der Waals surface area contributed by atoms with E-state index in [0.29, 0.717) is 17.4 Å². The second kappa shape index (κ2) is 11.0. The zero-order valence-electron chi connectivity index (χ0n) is 16.7. The fourth-order valence-corrected chi connectivity index (χ4v) is 2.77. The molecule has 5 nitrogen and oxygen atoms in total. The standard InChI is InChI=1S/C18H14ClN5.2C2H6/c19-15-6-2-1-5-14(15)16-12-24-9-8-21-18(24)17(23-16)22-11-13-4-3-7-20-10-13;2*1-2/h1-10,12H,11H2,(H,22,23);2*1-2H3. The van der Waals surface area contributed by atoms with Crippen molar-refractivity contribution in [1.29, 1.82) is 0 Å². The molecule has 0 saturated heterocycles. The van der Waals surface area contributed by atoms with E-state index >= 15 is 0 Å². The third kappa shape index (κ3) is 5.08. The Morgan fingerprint density at radius 3 is 2.50 bits per heavy atom. The van der Waals surface area contributed by atoms with E-state index in [1.165, 1.54) is 0 Å². The Kier molecular flexibility index (Phi) is 8.43. The van der Waals surface area contributed by atoms with Crippen molar-refractivity contribution in [3.05, 3.63) is 78.0 Å². The van der Waals surface area contributed by atoms with Gasteiger partial charge in [-0.15, -0.1) is 0 Å². The predicted octanol–water partition coefficient (Wildman–Crippen LogP) is 6.11. The van der Waals surface area contributed by atoms with Crippen molar-refractivity contribution in [1.82, 2.24) is 19.4 Å². The van der Waals surface area contributed by atoms with Gasteiger partial charge in [-0.2, -0.15) is 0 Å². The zero-order valence-corrected chi connectivity index (χ0v) is 17.5. The molecule has 0 unspecified atom stereocenters. The van der Waals surface area contributed by atoms with E-state index in [9.17, 15) is 0 Å². The van der Waals surface area contributed by atoms with Crippen LogP contribution in [0.3, 0.4) is 0 Å². The molecule has 1 aromatic carbocycles. The van der Waals surface area contributed by atoms with Crippen molar-refractivity contribution >= 4 is 23.1 Å². The Morgan fingerprint density at radius 2 is 1.79 bits per heavy atom. The summed E-state index contributed by atoms with van der Waals surface area (Å²) in [5.41, 5.74) is 3.53. The lowest BCUT2D eigenvalue weighted by atomic mass is 10.1. The highest BCUT2D eigenvalue weighted by Gasteiger charge is 2.11. The maximum atomic E-state index is 6.32. The Morgan fingerprint density at radius 1 is 1.00 bits per heavy atom. The van der Waals surface area contributed by atoms with Gasteiger partial charge in [-0.3, -0.25) is 4.98 Å². The summed E-state index contributed by atoms with van der Waals surface area (Å²) < 4.78 is 1.94. The molecule has 0 spiro atoms. The minimum absolute atomic E-state index is 0.620. The van der Waals surface area contributed by atoms with Crippen molar-refractivity contribution in [2.24, 2.45) is 0 Å². The number of rotatable bonds is 4. The number of benzene rings is 1. The molecule has 1 N–H and O–H groups in total. The molecule has 3 aromatic heterocycles. The van der Waals surface area contributed by atoms with E-state index in [1.54, 1.807) is 12.4 Å². The first-order valence-electron chi connectivity index (χ1n) is 9.52. The van der Waals surface area contributed by atoms with Gasteiger partial charge in [0, 0.05) is 43.1 Å². The summed E-state index contributed by atoms with van der Waals surface area (Å²) >= 11 is 6.32. The predicted molar refractivity (Wildman–Crippen MR) is 118 cm³/mol. The van der Waals surface area contributed by atoms with Gasteiger partial charge in [0.15, 0.2) is 11.5 Å². The topological polar surface area (TPSA) is 55.1 Å². The van der Waals surface area contributed by atoms with Gasteiger partial charge in [-0.25, -0.2) is 9.97 Å². The van der Waals surface area contributed by atoms with Gasteiger partial charge in [0.2, 0.25) is 0 Å². The number of hydrogen-bond acceptors (Lipinski definition) is 4. The molecule has 0 amide bonds. The van der Waals surface area contributed by atoms with Crippen molar-refractivity contribution in [3.63, 3.8) is 0 Å². The summed E-state index contributed by atoms with van der Waals surface area (Å²) in [5.74, 6) is 0.710. The van der Waals surface area contributed by atoms with Crippen LogP contribution < -0.4 is 5.32 Å². The van der Waals surface area contributed by atoms with Gasteiger partial charge in [0.25, 0.3) is 0 Å². The number of nitrogens with zero attached hydrogens (tertiary/aromatic N) is 4. The molecule has 0 bridgehead atoms. The third-order valence-electron chi connectivity index (χ3n) is 3.71. The van der Waals surface area contributed by atoms with Crippen LogP contribution in [-0.2, 0) is 6.54 Å². The highest BCUT2D eigenvalue weighted by molar-refractivity contribution is 6.33. The molecule has 0 radical (unpaired) electrons. The molecule has 0 saturated carbocycles. The molecule has 0 aliphatic rings. The van der Waals surface area contributed by atoms with Crippen LogP contribution in [0.25, 0.3) is 16.9 Å². The van der Waals surface area contributed by atoms with Gasteiger partial charge in [-0.05, 0) is 17.7 Å². The molecule has 3 heterocycles. The number of hydrogen-bond donors (Lipinski definition) is 1. The van der Waals surface area contributed by atoms with Gasteiger partial charge < -0.3 is 9.72 Å². The van der Waals surface area contributed by atoms with E-state index in [4.69, 9.17) is 16.6 Å². The van der Waals surface area contributed by atoms with Gasteiger partial charge in [0.05, 0.1) is 10.7 Å². The summed E-state index contributed by atoms with van der Waals surface area (Å²) in [7, 11) is 0. The second-order valence-corrected chi connectivity index (χ2v) is 5.73. The number of nitrogens with one attached hydrogen (secondary N) is 1. The molecular weight excluding hydrogens is 370 g/mol. The Labute approximate surface area is 171 Å². The van der Waals surface area contributed by atoms with Crippen molar-refractivity contribution in [2.75, 3.05) is 5.32 Å². The lowest BCUT2D eigenvalue weighted by Gasteiger charge is -2.10. The first-order chi connectivity index (χ1) is 13.8. The van der Waals surface area contributed by atoms with E-state index < -0.39 is 0 Å². The van der Waals surface area contributed by atoms with E-state index in [2.05, 4.69) is 15.3 Å². The van der Waals surface area contributed by atoms with Gasteiger partial charge in [0.1, 0.15) is 0 Å². The highest BCUT2D eigenvalue weighted by Crippen LogP contribution is 2.28. The van der Waals surface area contributed by atoms with Crippen molar-refractivity contribution in [2.45, 2.75) is 34.2 Å². The summed E-state index contributed by atoms with van der Waals surface area (Å²) in [6.45, 7) is 8.62. The lowest BCUT2D eigenvalue weighted by Crippen LogP contribution is -2.05. The van der Waals surface area contributed by atoms with Crippen LogP contribution in [-0.4, -0.2) is 19.4 Å². The Hall–Kier alpha value is -2.92. The van der Waals surface area contributed by atoms with Gasteiger partial charge >= 0.3 is 0 Å². The monoisotopic (exact) mass is 395 g/mol. The number of halogens is 1. The minimum atomic E-state index is 0.620. The van der Waals surface area contributed by atoms with Crippen LogP contribution in [0.4, 0.5) is 5.82 Å². The molecule has 0 aliphatic carbocycles. The Balaban J connectivity index is 0.000000660. The molecular formula is C22H26ClN5. The highest BCUT2D eigenvalue weighted by atomic mass is 35.5. The fraction of sp³-hybridized carbons (Fsp3) is 0.227. The molecule has 6 heteroatoms. The summed E-state index contributed by atoms with van der Waals surface area (Å²) in [6, 6.07) is 11.6. The lowest BCUT2D eigenvalue weighted by molar-refractivity contribution is 1.06. The molecule has 0 aliphatic heterocycles. The first-order valence-corrected chi connectivity index (χ1v) is 9.90. The summed E-state index contributed by atoms with van der Waals surface area (Å²) in [6.07, 6.45) is 9.16. The quantitative estimate of drug-likeness (QED) is 0.453. The number of pyridine rings is 1. The van der Waals surface area contributed by atoms with E-state index in [0.717, 1.165) is 22.5 Å². The second-order valence-electron chi connectivity index (χ2n) is 5.33. The molecule has 0 atom stereocenters. The minimum Gasteiger partial charge on any atom is -0.363 e. The van der Waals surface area contributed by atoms with Crippen LogP contribution in [0, 0.1) is 0 Å². The summed E-state index contributed by atoms with van der Waals surface area (Å²) in [5, 5.41) is 4.01. The zero-order chi connectivity index (χ0) is 20.4. The number of aromatic nitrogens is 4. The van der Waals surface area contributed by atoms with Crippen LogP contribution in [0.15, 0.2) is 67.4 Å². The third-order valence-corrected chi connectivity index (χ3v) is 4.04. The largest absolute Gasteiger partial charge is 0.363 e. The molecule has 4 rings (SSSR count). The maximum absolute atomic E-state index is 6.32. The SMILES string of the molecule is CC.CC.Clc1ccccc1-c1cn2ccnc2c(NCc2cccnc2)n1. The Bertz CT molecular complexity index is 983. The van der Waals surface area contributed by atoms with Crippen LogP contribution in [0.5, 0.6) is 0 Å². The maximum Gasteiger partial charge on any atom is 0.180 e. The number of fused-ring (bicyclic) bond motifs is 1. The van der Waals surface area contributed by atoms with E-state index in [-0.39, 0.29) is 0 Å². The van der Waals surface area contributed by atoms with Gasteiger partial charge in [-0.1, -0.05) is 63.6 Å². The molecule has 28 heavy (non-hydrogen) atoms. The van der Waals surface area contributed by atoms with E-state index in [1.807, 2.05) is 87.1 Å².